The lowest BCUT2D eigenvalue weighted by Crippen LogP contribution is -2.71. The lowest BCUT2D eigenvalue weighted by atomic mass is 9.79. The van der Waals surface area contributed by atoms with Crippen LogP contribution in [0.25, 0.3) is 0 Å². The van der Waals surface area contributed by atoms with E-state index < -0.39 is 257 Å². The van der Waals surface area contributed by atoms with E-state index in [0.29, 0.717) is 0 Å². The summed E-state index contributed by atoms with van der Waals surface area (Å²) in [5.74, 6) is -4.68. The molecule has 30 unspecified atom stereocenters. The molecule has 1 aliphatic carbocycles. The van der Waals surface area contributed by atoms with Crippen LogP contribution in [0.4, 0.5) is 0 Å². The smallest absolute Gasteiger partial charge is 0.394 e. The Kier molecular flexibility index (Phi) is 25.2. The number of hydrogen-bond acceptors (Lipinski definition) is 32. The van der Waals surface area contributed by atoms with Crippen LogP contribution in [0.3, 0.4) is 0 Å². The summed E-state index contributed by atoms with van der Waals surface area (Å²) in [5, 5.41) is 156. The fourth-order valence-corrected chi connectivity index (χ4v) is 11.5. The van der Waals surface area contributed by atoms with Gasteiger partial charge in [0, 0.05) is 33.6 Å². The number of aliphatic hydroxyl groups excluding tert-OH is 13. The molecule has 84 heavy (non-hydrogen) atoms. The zero-order valence-electron chi connectivity index (χ0n) is 46.6. The maximum Gasteiger partial charge on any atom is 0.399 e. The summed E-state index contributed by atoms with van der Waals surface area (Å²) in [6.45, 7) is 1.09. The molecule has 5 saturated heterocycles. The SMILES string of the molecule is CNC1C(OC2C(CO)OC(OC3C(CO)OC(OC4C(COS(=O)(=O)OC)CC(OC5C(COC6OC(C)C(O)C(O)C6O)OC(O)C(NC(C)=O)C5O)C(NC(C)=O)C4O)C(NC(C)=O)C3O)C(NC(C)=O)C2O)OC(CO)C(O)C1O. The van der Waals surface area contributed by atoms with Gasteiger partial charge in [-0.25, -0.2) is 4.18 Å². The third-order valence-corrected chi connectivity index (χ3v) is 16.1. The van der Waals surface area contributed by atoms with Gasteiger partial charge in [0.2, 0.25) is 23.6 Å². The number of carbonyl (C=O) groups excluding carboxylic acids is 4. The minimum atomic E-state index is -4.81. The standard InChI is InChI=1S/C47H81N5O31S/c1-14-30(60)37(67)38(68)47(75-14)73-13-24-42(34(64)26(43(69)77-24)50-16(3)57)76-20-8-19(12-74-84(70,71)72-7)39(33(63)25(20)49-15(2)56)81-45-28(51-17(4)58)35(65)41(23(11-55)79-45)83-46-29(52-18(5)59)36(66)40(22(10-54)80-46)82-44-27(48-6)32(62)31(61)21(9-53)78-44/h14,19-48,53-55,60-69H,8-13H2,1-7H3,(H,49,56)(H,50,57)(H,51,58)(H,52,59). The molecule has 0 bridgehead atoms. The van der Waals surface area contributed by atoms with Crippen LogP contribution >= 0.6 is 0 Å². The van der Waals surface area contributed by atoms with E-state index in [-0.39, 0.29) is 0 Å². The maximum atomic E-state index is 13.0. The van der Waals surface area contributed by atoms with E-state index in [1.165, 1.54) is 14.0 Å². The van der Waals surface area contributed by atoms with Crippen molar-refractivity contribution in [2.24, 2.45) is 5.92 Å². The van der Waals surface area contributed by atoms with Crippen molar-refractivity contribution in [3.05, 3.63) is 0 Å². The Labute approximate surface area is 481 Å². The van der Waals surface area contributed by atoms with Gasteiger partial charge in [-0.05, 0) is 20.4 Å². The summed E-state index contributed by atoms with van der Waals surface area (Å²) in [5.41, 5.74) is 0. The molecular weight excluding hydrogens is 1160 g/mol. The van der Waals surface area contributed by atoms with E-state index in [4.69, 9.17) is 51.6 Å². The summed E-state index contributed by atoms with van der Waals surface area (Å²) in [6.07, 6.45) is -41.8. The first-order valence-electron chi connectivity index (χ1n) is 26.9. The molecule has 0 radical (unpaired) electrons. The molecule has 37 heteroatoms. The number of carbonyl (C=O) groups is 4. The van der Waals surface area contributed by atoms with Gasteiger partial charge in [-0.2, -0.15) is 8.42 Å². The van der Waals surface area contributed by atoms with Gasteiger partial charge in [0.15, 0.2) is 31.5 Å². The second-order valence-electron chi connectivity index (χ2n) is 21.2. The van der Waals surface area contributed by atoms with Crippen LogP contribution in [-0.4, -0.2) is 323 Å². The van der Waals surface area contributed by atoms with Crippen LogP contribution in [0, 0.1) is 5.92 Å². The highest BCUT2D eigenvalue weighted by Gasteiger charge is 2.58. The van der Waals surface area contributed by atoms with E-state index in [1.54, 1.807) is 0 Å². The fourth-order valence-electron chi connectivity index (χ4n) is 11.0. The highest BCUT2D eigenvalue weighted by Crippen LogP contribution is 2.39. The van der Waals surface area contributed by atoms with Crippen LogP contribution in [0.15, 0.2) is 0 Å². The van der Waals surface area contributed by atoms with Gasteiger partial charge in [-0.15, -0.1) is 0 Å². The van der Waals surface area contributed by atoms with E-state index in [9.17, 15) is 94.0 Å². The molecule has 0 spiro atoms. The van der Waals surface area contributed by atoms with Gasteiger partial charge in [0.1, 0.15) is 116 Å². The van der Waals surface area contributed by atoms with E-state index in [1.807, 2.05) is 0 Å². The van der Waals surface area contributed by atoms with E-state index in [0.717, 1.165) is 34.8 Å². The van der Waals surface area contributed by atoms with E-state index in [2.05, 4.69) is 30.8 Å². The topological polar surface area (TPSA) is 536 Å². The van der Waals surface area contributed by atoms with Gasteiger partial charge in [0.05, 0.1) is 70.5 Å². The Morgan fingerprint density at radius 3 is 1.40 bits per heavy atom. The molecule has 5 heterocycles. The van der Waals surface area contributed by atoms with E-state index >= 15 is 0 Å². The molecule has 6 aliphatic rings. The van der Waals surface area contributed by atoms with Crippen molar-refractivity contribution in [1.29, 1.82) is 0 Å². The average molecular weight is 1240 g/mol. The summed E-state index contributed by atoms with van der Waals surface area (Å²) >= 11 is 0. The quantitative estimate of drug-likeness (QED) is 0.0452. The van der Waals surface area contributed by atoms with Crippen LogP contribution in [0.1, 0.15) is 41.0 Å². The Morgan fingerprint density at radius 1 is 0.476 bits per heavy atom. The number of hydrogen-bond donors (Lipinski definition) is 18. The number of likely N-dealkylation sites (N-methyl/N-ethyl adjacent to an activating group) is 1. The molecule has 18 N–H and O–H groups in total. The molecule has 1 saturated carbocycles. The first kappa shape index (κ1) is 69.9. The van der Waals surface area contributed by atoms with Gasteiger partial charge in [-0.3, -0.25) is 23.4 Å². The summed E-state index contributed by atoms with van der Waals surface area (Å²) in [6, 6.07) is -7.96. The second-order valence-corrected chi connectivity index (χ2v) is 22.6. The number of nitrogens with one attached hydrogen (secondary N) is 5. The Balaban J connectivity index is 1.30. The molecule has 6 fully saturated rings. The van der Waals surface area contributed by atoms with Gasteiger partial charge in [-0.1, -0.05) is 0 Å². The molecule has 4 amide bonds. The van der Waals surface area contributed by atoms with Crippen molar-refractivity contribution in [1.82, 2.24) is 26.6 Å². The van der Waals surface area contributed by atoms with Gasteiger partial charge >= 0.3 is 10.4 Å². The molecule has 0 aromatic heterocycles. The average Bonchev–Trinajstić information content (AvgIpc) is 2.50. The predicted molar refractivity (Wildman–Crippen MR) is 269 cm³/mol. The van der Waals surface area contributed by atoms with Crippen molar-refractivity contribution >= 4 is 34.0 Å². The van der Waals surface area contributed by atoms with Crippen LogP contribution in [-0.2, 0) is 85.3 Å². The largest absolute Gasteiger partial charge is 0.399 e. The molecule has 5 aliphatic heterocycles. The Hall–Kier alpha value is -3.21. The molecule has 486 valence electrons. The molecule has 6 rings (SSSR count). The second kappa shape index (κ2) is 30.3. The highest BCUT2D eigenvalue weighted by atomic mass is 32.3. The fraction of sp³-hybridized carbons (Fsp3) is 0.915. The summed E-state index contributed by atoms with van der Waals surface area (Å²) in [7, 11) is -2.67. The third-order valence-electron chi connectivity index (χ3n) is 15.3. The summed E-state index contributed by atoms with van der Waals surface area (Å²) < 4.78 is 94.8. The first-order chi connectivity index (χ1) is 39.5. The minimum absolute atomic E-state index is 0.535. The van der Waals surface area contributed by atoms with Crippen LogP contribution in [0.5, 0.6) is 0 Å². The minimum Gasteiger partial charge on any atom is -0.394 e. The van der Waals surface area contributed by atoms with Gasteiger partial charge < -0.3 is 140 Å². The number of rotatable bonds is 23. The highest BCUT2D eigenvalue weighted by molar-refractivity contribution is 7.81. The van der Waals surface area contributed by atoms with Gasteiger partial charge in [0.25, 0.3) is 0 Å². The Bertz CT molecular complexity index is 2270. The molecule has 0 aromatic carbocycles. The third kappa shape index (κ3) is 16.3. The zero-order valence-corrected chi connectivity index (χ0v) is 47.5. The van der Waals surface area contributed by atoms with Crippen molar-refractivity contribution < 1.29 is 150 Å². The number of aliphatic hydroxyl groups is 13. The lowest BCUT2D eigenvalue weighted by Gasteiger charge is -2.51. The zero-order chi connectivity index (χ0) is 62.4. The Morgan fingerprint density at radius 2 is 0.917 bits per heavy atom. The maximum absolute atomic E-state index is 13.0. The predicted octanol–water partition coefficient (Wildman–Crippen LogP) is -11.7. The van der Waals surface area contributed by atoms with Crippen LogP contribution < -0.4 is 26.6 Å². The molecule has 30 atom stereocenters. The van der Waals surface area contributed by atoms with Crippen molar-refractivity contribution in [2.45, 2.75) is 219 Å². The molecular formula is C47H81N5O31S. The lowest BCUT2D eigenvalue weighted by molar-refractivity contribution is -0.358. The van der Waals surface area contributed by atoms with Crippen molar-refractivity contribution in [2.75, 3.05) is 47.2 Å². The number of amides is 4. The molecule has 0 aromatic rings. The van der Waals surface area contributed by atoms with Crippen molar-refractivity contribution in [3.63, 3.8) is 0 Å². The van der Waals surface area contributed by atoms with Crippen molar-refractivity contribution in [3.8, 4) is 0 Å². The summed E-state index contributed by atoms with van der Waals surface area (Å²) in [4.78, 5) is 50.9. The van der Waals surface area contributed by atoms with Crippen LogP contribution in [0.2, 0.25) is 0 Å². The first-order valence-corrected chi connectivity index (χ1v) is 28.2. The number of ether oxygens (including phenoxy) is 10. The monoisotopic (exact) mass is 1240 g/mol. The molecule has 36 nitrogen and oxygen atoms in total. The normalized spacial score (nSPS) is 44.8.